The van der Waals surface area contributed by atoms with Gasteiger partial charge in [0.15, 0.2) is 0 Å². The number of hydrogen-bond acceptors (Lipinski definition) is 4. The Morgan fingerprint density at radius 1 is 1.12 bits per heavy atom. The number of rotatable bonds is 1. The SMILES string of the molecule is CC(=NO)[C@]1(O)CC[C@@H]2[C@H]3CC=C4C[C@H](O)CC[C@]4(C)[C@@H]3CC[C@]21C. The number of allylic oxidation sites excluding steroid dienone is 1. The molecule has 4 rings (SSSR count). The predicted octanol–water partition coefficient (Wildman–Crippen LogP) is 3.89. The lowest BCUT2D eigenvalue weighted by Gasteiger charge is -2.58. The highest BCUT2D eigenvalue weighted by atomic mass is 16.4. The molecule has 0 bridgehead atoms. The van der Waals surface area contributed by atoms with Crippen molar-refractivity contribution in [2.24, 2.45) is 33.7 Å². The van der Waals surface area contributed by atoms with E-state index >= 15 is 0 Å². The molecule has 4 heteroatoms. The van der Waals surface area contributed by atoms with Gasteiger partial charge in [0.05, 0.1) is 11.8 Å². The fourth-order valence-electron chi connectivity index (χ4n) is 7.33. The van der Waals surface area contributed by atoms with Crippen LogP contribution in [0.4, 0.5) is 0 Å². The van der Waals surface area contributed by atoms with Gasteiger partial charge < -0.3 is 15.4 Å². The highest BCUT2D eigenvalue weighted by molar-refractivity contribution is 5.91. The van der Waals surface area contributed by atoms with Gasteiger partial charge >= 0.3 is 0 Å². The third-order valence-electron chi connectivity index (χ3n) is 8.98. The number of oxime groups is 1. The second kappa shape index (κ2) is 5.56. The smallest absolute Gasteiger partial charge is 0.111 e. The lowest BCUT2D eigenvalue weighted by molar-refractivity contribution is -0.0936. The van der Waals surface area contributed by atoms with E-state index in [4.69, 9.17) is 0 Å². The summed E-state index contributed by atoms with van der Waals surface area (Å²) in [5.41, 5.74) is 1.03. The van der Waals surface area contributed by atoms with Crippen LogP contribution < -0.4 is 0 Å². The van der Waals surface area contributed by atoms with E-state index in [2.05, 4.69) is 25.1 Å². The minimum Gasteiger partial charge on any atom is -0.411 e. The molecule has 140 valence electrons. The molecule has 0 aromatic carbocycles. The fraction of sp³-hybridized carbons (Fsp3) is 0.857. The molecule has 3 fully saturated rings. The normalized spacial score (nSPS) is 52.8. The average molecular weight is 347 g/mol. The molecule has 3 saturated carbocycles. The zero-order chi connectivity index (χ0) is 18.0. The van der Waals surface area contributed by atoms with Gasteiger partial charge in [-0.25, -0.2) is 0 Å². The van der Waals surface area contributed by atoms with Gasteiger partial charge in [0, 0.05) is 5.41 Å². The molecule has 0 radical (unpaired) electrons. The van der Waals surface area contributed by atoms with Crippen molar-refractivity contribution < 1.29 is 15.4 Å². The lowest BCUT2D eigenvalue weighted by atomic mass is 9.46. The zero-order valence-corrected chi connectivity index (χ0v) is 15.8. The first-order valence-electron chi connectivity index (χ1n) is 10.1. The maximum absolute atomic E-state index is 11.4. The van der Waals surface area contributed by atoms with Crippen LogP contribution in [0.1, 0.15) is 72.1 Å². The van der Waals surface area contributed by atoms with Crippen LogP contribution in [0, 0.1) is 28.6 Å². The predicted molar refractivity (Wildman–Crippen MR) is 97.6 cm³/mol. The number of hydrogen-bond donors (Lipinski definition) is 3. The Hall–Kier alpha value is -0.870. The van der Waals surface area contributed by atoms with E-state index < -0.39 is 5.60 Å². The standard InChI is InChI=1S/C21H33NO3/c1-13(22-25)21(24)11-8-18-16-5-4-14-12-15(23)6-9-19(14,2)17(16)7-10-20(18,21)3/h4,15-18,23-25H,5-12H2,1-3H3/t15-,16+,17-,18-,19+,20-,21-/m1/s1. The van der Waals surface area contributed by atoms with Crippen molar-refractivity contribution in [2.45, 2.75) is 83.8 Å². The van der Waals surface area contributed by atoms with Crippen molar-refractivity contribution in [2.75, 3.05) is 0 Å². The minimum atomic E-state index is -0.967. The minimum absolute atomic E-state index is 0.162. The molecule has 0 spiro atoms. The molecule has 4 nitrogen and oxygen atoms in total. The first-order valence-corrected chi connectivity index (χ1v) is 10.1. The van der Waals surface area contributed by atoms with Crippen LogP contribution in [0.5, 0.6) is 0 Å². The molecule has 0 unspecified atom stereocenters. The summed E-state index contributed by atoms with van der Waals surface area (Å²) >= 11 is 0. The highest BCUT2D eigenvalue weighted by Gasteiger charge is 2.64. The van der Waals surface area contributed by atoms with E-state index in [1.807, 2.05) is 0 Å². The van der Waals surface area contributed by atoms with Crippen LogP contribution in [-0.4, -0.2) is 32.8 Å². The molecule has 0 aromatic heterocycles. The van der Waals surface area contributed by atoms with Crippen molar-refractivity contribution in [3.63, 3.8) is 0 Å². The van der Waals surface area contributed by atoms with Gasteiger partial charge in [-0.2, -0.15) is 0 Å². The van der Waals surface area contributed by atoms with Crippen LogP contribution in [0.15, 0.2) is 16.8 Å². The van der Waals surface area contributed by atoms with Crippen molar-refractivity contribution in [3.05, 3.63) is 11.6 Å². The molecule has 0 heterocycles. The number of aliphatic hydroxyl groups is 2. The Bertz CT molecular complexity index is 629. The molecule has 0 saturated heterocycles. The summed E-state index contributed by atoms with van der Waals surface area (Å²) in [7, 11) is 0. The van der Waals surface area contributed by atoms with Gasteiger partial charge in [-0.3, -0.25) is 0 Å². The molecule has 0 aromatic rings. The van der Waals surface area contributed by atoms with Crippen LogP contribution in [0.25, 0.3) is 0 Å². The zero-order valence-electron chi connectivity index (χ0n) is 15.8. The maximum atomic E-state index is 11.4. The Labute approximate surface area is 151 Å². The topological polar surface area (TPSA) is 73.1 Å². The van der Waals surface area contributed by atoms with Crippen LogP contribution in [-0.2, 0) is 0 Å². The summed E-state index contributed by atoms with van der Waals surface area (Å²) in [5.74, 6) is 1.74. The molecular weight excluding hydrogens is 314 g/mol. The molecule has 4 aliphatic rings. The van der Waals surface area contributed by atoms with Crippen molar-refractivity contribution >= 4 is 5.71 Å². The molecular formula is C21H33NO3. The number of nitrogens with zero attached hydrogens (tertiary/aromatic N) is 1. The maximum Gasteiger partial charge on any atom is 0.111 e. The Morgan fingerprint density at radius 2 is 1.84 bits per heavy atom. The largest absolute Gasteiger partial charge is 0.411 e. The Kier molecular flexibility index (Phi) is 3.90. The van der Waals surface area contributed by atoms with E-state index in [9.17, 15) is 15.4 Å². The van der Waals surface area contributed by atoms with Gasteiger partial charge in [0.1, 0.15) is 5.60 Å². The number of fused-ring (bicyclic) bond motifs is 5. The molecule has 0 amide bonds. The first kappa shape index (κ1) is 17.5. The summed E-state index contributed by atoms with van der Waals surface area (Å²) < 4.78 is 0. The lowest BCUT2D eigenvalue weighted by Crippen LogP contribution is -2.57. The molecule has 4 aliphatic carbocycles. The second-order valence-corrected chi connectivity index (χ2v) is 9.70. The van der Waals surface area contributed by atoms with Crippen LogP contribution >= 0.6 is 0 Å². The fourth-order valence-corrected chi connectivity index (χ4v) is 7.33. The Balaban J connectivity index is 1.69. The van der Waals surface area contributed by atoms with Gasteiger partial charge in [-0.05, 0) is 81.5 Å². The van der Waals surface area contributed by atoms with Crippen molar-refractivity contribution in [1.29, 1.82) is 0 Å². The first-order chi connectivity index (χ1) is 11.8. The van der Waals surface area contributed by atoms with Gasteiger partial charge in [-0.15, -0.1) is 0 Å². The summed E-state index contributed by atoms with van der Waals surface area (Å²) in [5, 5.41) is 34.2. The monoisotopic (exact) mass is 347 g/mol. The van der Waals surface area contributed by atoms with E-state index in [1.165, 1.54) is 5.57 Å². The third-order valence-corrected chi connectivity index (χ3v) is 8.98. The molecule has 25 heavy (non-hydrogen) atoms. The quantitative estimate of drug-likeness (QED) is 0.292. The van der Waals surface area contributed by atoms with Gasteiger partial charge in [0.2, 0.25) is 0 Å². The van der Waals surface area contributed by atoms with E-state index in [-0.39, 0.29) is 16.9 Å². The molecule has 3 N–H and O–H groups in total. The third kappa shape index (κ3) is 2.16. The summed E-state index contributed by atoms with van der Waals surface area (Å²) in [4.78, 5) is 0. The van der Waals surface area contributed by atoms with Gasteiger partial charge in [0.25, 0.3) is 0 Å². The number of aliphatic hydroxyl groups excluding tert-OH is 1. The van der Waals surface area contributed by atoms with Crippen LogP contribution in [0.2, 0.25) is 0 Å². The van der Waals surface area contributed by atoms with E-state index in [0.29, 0.717) is 29.9 Å². The van der Waals surface area contributed by atoms with E-state index in [0.717, 1.165) is 44.9 Å². The molecule has 7 atom stereocenters. The average Bonchev–Trinajstić information content (AvgIpc) is 2.87. The van der Waals surface area contributed by atoms with Gasteiger partial charge in [-0.1, -0.05) is 30.7 Å². The summed E-state index contributed by atoms with van der Waals surface area (Å²) in [6.07, 6.45) is 10.0. The highest BCUT2D eigenvalue weighted by Crippen LogP contribution is 2.67. The second-order valence-electron chi connectivity index (χ2n) is 9.70. The van der Waals surface area contributed by atoms with Crippen molar-refractivity contribution in [1.82, 2.24) is 0 Å². The van der Waals surface area contributed by atoms with Crippen molar-refractivity contribution in [3.8, 4) is 0 Å². The van der Waals surface area contributed by atoms with Crippen LogP contribution in [0.3, 0.4) is 0 Å². The van der Waals surface area contributed by atoms with E-state index in [1.54, 1.807) is 6.92 Å². The Morgan fingerprint density at radius 3 is 2.56 bits per heavy atom. The summed E-state index contributed by atoms with van der Waals surface area (Å²) in [6.45, 7) is 6.41. The molecule has 0 aliphatic heterocycles. The summed E-state index contributed by atoms with van der Waals surface area (Å²) in [6, 6.07) is 0.